The van der Waals surface area contributed by atoms with Gasteiger partial charge in [0.05, 0.1) is 19.3 Å². The van der Waals surface area contributed by atoms with Crippen LogP contribution in [-0.2, 0) is 15.9 Å². The molecule has 5 rings (SSSR count). The SMILES string of the molecule is Cc1ccc2c(c1)CC[C@@H]1[C@@H]2[C@H](O)C[C@@]2(C)[C@H]1CCC21OCCO1. The van der Waals surface area contributed by atoms with Gasteiger partial charge < -0.3 is 14.6 Å². The van der Waals surface area contributed by atoms with Crippen molar-refractivity contribution >= 4 is 0 Å². The predicted octanol–water partition coefficient (Wildman–Crippen LogP) is 3.57. The second kappa shape index (κ2) is 5.06. The molecule has 1 aliphatic heterocycles. The fraction of sp³-hybridized carbons (Fsp3) is 0.714. The van der Waals surface area contributed by atoms with E-state index < -0.39 is 5.79 Å². The number of aliphatic hydroxyl groups is 1. The summed E-state index contributed by atoms with van der Waals surface area (Å²) >= 11 is 0. The molecule has 130 valence electrons. The maximum atomic E-state index is 11.2. The Balaban J connectivity index is 1.56. The van der Waals surface area contributed by atoms with Crippen LogP contribution in [0, 0.1) is 24.2 Å². The van der Waals surface area contributed by atoms with Crippen molar-refractivity contribution in [1.29, 1.82) is 0 Å². The highest BCUT2D eigenvalue weighted by Gasteiger charge is 2.66. The van der Waals surface area contributed by atoms with Crippen molar-refractivity contribution in [3.05, 3.63) is 34.9 Å². The van der Waals surface area contributed by atoms with E-state index in [1.807, 2.05) is 0 Å². The number of ether oxygens (including phenoxy) is 2. The zero-order valence-corrected chi connectivity index (χ0v) is 14.8. The van der Waals surface area contributed by atoms with E-state index in [0.29, 0.717) is 31.0 Å². The first-order chi connectivity index (χ1) is 11.5. The Morgan fingerprint density at radius 2 is 1.96 bits per heavy atom. The van der Waals surface area contributed by atoms with Crippen LogP contribution in [0.4, 0.5) is 0 Å². The lowest BCUT2D eigenvalue weighted by Crippen LogP contribution is -2.55. The van der Waals surface area contributed by atoms with E-state index in [-0.39, 0.29) is 11.5 Å². The number of aliphatic hydroxyl groups excluding tert-OH is 1. The highest BCUT2D eigenvalue weighted by Crippen LogP contribution is 2.66. The van der Waals surface area contributed by atoms with Gasteiger partial charge in [0.15, 0.2) is 5.79 Å². The Labute approximate surface area is 144 Å². The van der Waals surface area contributed by atoms with Gasteiger partial charge in [0, 0.05) is 17.8 Å². The second-order valence-corrected chi connectivity index (χ2v) is 8.71. The summed E-state index contributed by atoms with van der Waals surface area (Å²) in [6, 6.07) is 6.81. The summed E-state index contributed by atoms with van der Waals surface area (Å²) in [5.41, 5.74) is 4.14. The zero-order chi connectivity index (χ0) is 16.5. The fourth-order valence-electron chi connectivity index (χ4n) is 6.67. The third kappa shape index (κ3) is 1.84. The molecule has 1 saturated heterocycles. The number of fused-ring (bicyclic) bond motifs is 6. The lowest BCUT2D eigenvalue weighted by atomic mass is 9.53. The molecule has 1 N–H and O–H groups in total. The predicted molar refractivity (Wildman–Crippen MR) is 91.8 cm³/mol. The number of benzene rings is 1. The third-order valence-corrected chi connectivity index (χ3v) is 7.66. The van der Waals surface area contributed by atoms with Crippen molar-refractivity contribution in [2.45, 2.75) is 63.8 Å². The molecule has 0 unspecified atom stereocenters. The summed E-state index contributed by atoms with van der Waals surface area (Å²) in [4.78, 5) is 0. The molecule has 1 aromatic rings. The Hall–Kier alpha value is -0.900. The first-order valence-electron chi connectivity index (χ1n) is 9.59. The van der Waals surface area contributed by atoms with Crippen molar-refractivity contribution in [3.63, 3.8) is 0 Å². The Morgan fingerprint density at radius 3 is 2.75 bits per heavy atom. The van der Waals surface area contributed by atoms with E-state index in [1.165, 1.54) is 29.5 Å². The summed E-state index contributed by atoms with van der Waals surface area (Å²) in [5, 5.41) is 11.2. The summed E-state index contributed by atoms with van der Waals surface area (Å²) in [6.07, 6.45) is 5.00. The molecule has 3 fully saturated rings. The maximum absolute atomic E-state index is 11.2. The monoisotopic (exact) mass is 328 g/mol. The van der Waals surface area contributed by atoms with Crippen LogP contribution in [0.2, 0.25) is 0 Å². The lowest BCUT2D eigenvalue weighted by molar-refractivity contribution is -0.246. The lowest BCUT2D eigenvalue weighted by Gasteiger charge is -2.54. The molecule has 0 bridgehead atoms. The molecule has 0 radical (unpaired) electrons. The zero-order valence-electron chi connectivity index (χ0n) is 14.8. The van der Waals surface area contributed by atoms with E-state index in [9.17, 15) is 5.11 Å². The summed E-state index contributed by atoms with van der Waals surface area (Å²) in [7, 11) is 0. The number of rotatable bonds is 0. The van der Waals surface area contributed by atoms with E-state index in [1.54, 1.807) is 0 Å². The van der Waals surface area contributed by atoms with Gasteiger partial charge >= 0.3 is 0 Å². The minimum atomic E-state index is -0.433. The maximum Gasteiger partial charge on any atom is 0.174 e. The van der Waals surface area contributed by atoms with Gasteiger partial charge in [-0.15, -0.1) is 0 Å². The van der Waals surface area contributed by atoms with Crippen molar-refractivity contribution in [1.82, 2.24) is 0 Å². The van der Waals surface area contributed by atoms with Crippen LogP contribution in [0.15, 0.2) is 18.2 Å². The summed E-state index contributed by atoms with van der Waals surface area (Å²) in [5.74, 6) is 1.01. The van der Waals surface area contributed by atoms with Crippen LogP contribution in [-0.4, -0.2) is 30.2 Å². The average Bonchev–Trinajstić information content (AvgIpc) is 3.14. The van der Waals surface area contributed by atoms with Crippen LogP contribution < -0.4 is 0 Å². The van der Waals surface area contributed by atoms with E-state index >= 15 is 0 Å². The van der Waals surface area contributed by atoms with Crippen molar-refractivity contribution in [3.8, 4) is 0 Å². The standard InChI is InChI=1S/C21H28O3/c1-13-3-5-15-14(11-13)4-6-16-17-7-8-21(23-9-10-24-21)20(17,2)12-18(22)19(15)16/h3,5,11,16-19,22H,4,6-10,12H2,1-2H3/t16-,17-,18+,19+,20-/m0/s1. The molecular weight excluding hydrogens is 300 g/mol. The smallest absolute Gasteiger partial charge is 0.174 e. The molecule has 3 aliphatic carbocycles. The van der Waals surface area contributed by atoms with Gasteiger partial charge in [0.1, 0.15) is 0 Å². The minimum absolute atomic E-state index is 0.0493. The molecule has 24 heavy (non-hydrogen) atoms. The van der Waals surface area contributed by atoms with Crippen molar-refractivity contribution in [2.24, 2.45) is 17.3 Å². The highest BCUT2D eigenvalue weighted by molar-refractivity contribution is 5.39. The Morgan fingerprint density at radius 1 is 1.17 bits per heavy atom. The van der Waals surface area contributed by atoms with Gasteiger partial charge in [-0.25, -0.2) is 0 Å². The molecular formula is C21H28O3. The largest absolute Gasteiger partial charge is 0.392 e. The number of hydrogen-bond donors (Lipinski definition) is 1. The Bertz CT molecular complexity index is 663. The van der Waals surface area contributed by atoms with Gasteiger partial charge in [-0.2, -0.15) is 0 Å². The molecule has 1 spiro atoms. The van der Waals surface area contributed by atoms with Crippen LogP contribution in [0.5, 0.6) is 0 Å². The van der Waals surface area contributed by atoms with E-state index in [4.69, 9.17) is 9.47 Å². The Kier molecular flexibility index (Phi) is 3.24. The van der Waals surface area contributed by atoms with Crippen molar-refractivity contribution < 1.29 is 14.6 Å². The van der Waals surface area contributed by atoms with Crippen LogP contribution in [0.25, 0.3) is 0 Å². The molecule has 2 saturated carbocycles. The normalized spacial score (nSPS) is 42.6. The van der Waals surface area contributed by atoms with Gasteiger partial charge in [0.25, 0.3) is 0 Å². The molecule has 1 aromatic carbocycles. The molecule has 0 aromatic heterocycles. The highest BCUT2D eigenvalue weighted by atomic mass is 16.7. The van der Waals surface area contributed by atoms with E-state index in [2.05, 4.69) is 32.0 Å². The molecule has 4 aliphatic rings. The molecule has 3 nitrogen and oxygen atoms in total. The van der Waals surface area contributed by atoms with Gasteiger partial charge in [-0.1, -0.05) is 30.7 Å². The molecule has 5 atom stereocenters. The number of aryl methyl sites for hydroxylation is 2. The van der Waals surface area contributed by atoms with Crippen molar-refractivity contribution in [2.75, 3.05) is 13.2 Å². The van der Waals surface area contributed by atoms with Crippen LogP contribution >= 0.6 is 0 Å². The average molecular weight is 328 g/mol. The fourth-order valence-corrected chi connectivity index (χ4v) is 6.67. The van der Waals surface area contributed by atoms with Crippen LogP contribution in [0.3, 0.4) is 0 Å². The quantitative estimate of drug-likeness (QED) is 0.791. The topological polar surface area (TPSA) is 38.7 Å². The van der Waals surface area contributed by atoms with Gasteiger partial charge in [-0.3, -0.25) is 0 Å². The minimum Gasteiger partial charge on any atom is -0.392 e. The molecule has 3 heteroatoms. The summed E-state index contributed by atoms with van der Waals surface area (Å²) in [6.45, 7) is 5.89. The summed E-state index contributed by atoms with van der Waals surface area (Å²) < 4.78 is 12.3. The van der Waals surface area contributed by atoms with E-state index in [0.717, 1.165) is 19.3 Å². The first-order valence-corrected chi connectivity index (χ1v) is 9.59. The second-order valence-electron chi connectivity index (χ2n) is 8.71. The third-order valence-electron chi connectivity index (χ3n) is 7.66. The number of hydrogen-bond acceptors (Lipinski definition) is 3. The van der Waals surface area contributed by atoms with Gasteiger partial charge in [-0.05, 0) is 55.6 Å². The molecule has 1 heterocycles. The molecule has 0 amide bonds. The van der Waals surface area contributed by atoms with Gasteiger partial charge in [0.2, 0.25) is 0 Å². The first kappa shape index (κ1) is 15.4. The van der Waals surface area contributed by atoms with Crippen LogP contribution in [0.1, 0.15) is 55.2 Å².